The summed E-state index contributed by atoms with van der Waals surface area (Å²) in [6, 6.07) is 3.06. The second kappa shape index (κ2) is 5.88. The van der Waals surface area contributed by atoms with Crippen LogP contribution < -0.4 is 10.5 Å². The first-order chi connectivity index (χ1) is 9.46. The molecule has 0 radical (unpaired) electrons. The summed E-state index contributed by atoms with van der Waals surface area (Å²) < 4.78 is 27.5. The summed E-state index contributed by atoms with van der Waals surface area (Å²) in [6.07, 6.45) is 7.79. The highest BCUT2D eigenvalue weighted by Crippen LogP contribution is 2.28. The third-order valence-corrected chi connectivity index (χ3v) is 5.27. The number of pyridine rings is 1. The molecule has 1 aromatic heterocycles. The van der Waals surface area contributed by atoms with Crippen molar-refractivity contribution < 1.29 is 8.42 Å². The van der Waals surface area contributed by atoms with Gasteiger partial charge in [-0.15, -0.1) is 0 Å². The maximum Gasteiger partial charge on any atom is 0.243 e. The highest BCUT2D eigenvalue weighted by Gasteiger charge is 2.38. The molecule has 0 aromatic carbocycles. The number of nitrogens with one attached hydrogen (secondary N) is 2. The molecule has 1 fully saturated rings. The monoisotopic (exact) mass is 296 g/mol. The fourth-order valence-electron chi connectivity index (χ4n) is 2.58. The van der Waals surface area contributed by atoms with Crippen molar-refractivity contribution in [1.82, 2.24) is 9.71 Å². The number of amidine groups is 1. The van der Waals surface area contributed by atoms with Gasteiger partial charge >= 0.3 is 0 Å². The van der Waals surface area contributed by atoms with Gasteiger partial charge in [-0.1, -0.05) is 25.7 Å². The van der Waals surface area contributed by atoms with Crippen LogP contribution in [0.1, 0.15) is 38.5 Å². The zero-order valence-corrected chi connectivity index (χ0v) is 12.1. The van der Waals surface area contributed by atoms with E-state index in [2.05, 4.69) is 9.71 Å². The second-order valence-corrected chi connectivity index (χ2v) is 6.89. The van der Waals surface area contributed by atoms with E-state index >= 15 is 0 Å². The summed E-state index contributed by atoms with van der Waals surface area (Å²) in [4.78, 5) is 3.93. The Labute approximate surface area is 119 Å². The van der Waals surface area contributed by atoms with Gasteiger partial charge in [0.2, 0.25) is 10.0 Å². The molecule has 0 saturated heterocycles. The molecule has 1 aromatic rings. The molecule has 6 nitrogen and oxygen atoms in total. The smallest absolute Gasteiger partial charge is 0.243 e. The van der Waals surface area contributed by atoms with Gasteiger partial charge in [-0.2, -0.15) is 4.72 Å². The quantitative estimate of drug-likeness (QED) is 0.443. The third-order valence-electron chi connectivity index (χ3n) is 3.75. The molecule has 0 atom stereocenters. The Balaban J connectivity index is 2.30. The molecule has 7 heteroatoms. The van der Waals surface area contributed by atoms with E-state index in [9.17, 15) is 8.42 Å². The Morgan fingerprint density at radius 1 is 1.30 bits per heavy atom. The number of nitrogens with two attached hydrogens (primary N) is 1. The molecule has 0 aliphatic heterocycles. The Hall–Kier alpha value is -1.47. The van der Waals surface area contributed by atoms with Gasteiger partial charge < -0.3 is 5.73 Å². The van der Waals surface area contributed by atoms with E-state index in [4.69, 9.17) is 11.1 Å². The lowest BCUT2D eigenvalue weighted by Gasteiger charge is -2.32. The lowest BCUT2D eigenvalue weighted by molar-refractivity contribution is 0.434. The summed E-state index contributed by atoms with van der Waals surface area (Å²) >= 11 is 0. The summed E-state index contributed by atoms with van der Waals surface area (Å²) in [6.45, 7) is 0. The van der Waals surface area contributed by atoms with Gasteiger partial charge in [0, 0.05) is 12.4 Å². The predicted molar refractivity (Wildman–Crippen MR) is 76.9 cm³/mol. The van der Waals surface area contributed by atoms with Crippen LogP contribution in [-0.4, -0.2) is 24.8 Å². The minimum atomic E-state index is -3.71. The topological polar surface area (TPSA) is 109 Å². The molecule has 1 aliphatic carbocycles. The summed E-state index contributed by atoms with van der Waals surface area (Å²) in [5.41, 5.74) is 4.74. The second-order valence-electron chi connectivity index (χ2n) is 5.20. The maximum absolute atomic E-state index is 12.4. The Kier molecular flexibility index (Phi) is 4.39. The molecule has 110 valence electrons. The zero-order valence-electron chi connectivity index (χ0n) is 11.3. The molecule has 0 unspecified atom stereocenters. The third kappa shape index (κ3) is 3.16. The fraction of sp³-hybridized carbons (Fsp3) is 0.538. The van der Waals surface area contributed by atoms with Crippen LogP contribution in [0.4, 0.5) is 0 Å². The first kappa shape index (κ1) is 14.9. The highest BCUT2D eigenvalue weighted by atomic mass is 32.2. The molecule has 1 saturated carbocycles. The predicted octanol–water partition coefficient (Wildman–Crippen LogP) is 1.39. The van der Waals surface area contributed by atoms with Gasteiger partial charge in [0.1, 0.15) is 10.7 Å². The van der Waals surface area contributed by atoms with Crippen molar-refractivity contribution in [3.63, 3.8) is 0 Å². The van der Waals surface area contributed by atoms with Gasteiger partial charge in [0.25, 0.3) is 0 Å². The fourth-order valence-corrected chi connectivity index (χ4v) is 3.98. The number of hydrogen-bond acceptors (Lipinski definition) is 4. The van der Waals surface area contributed by atoms with Crippen molar-refractivity contribution in [2.75, 3.05) is 0 Å². The van der Waals surface area contributed by atoms with Crippen molar-refractivity contribution in [3.8, 4) is 0 Å². The molecule has 0 spiro atoms. The molecule has 0 amide bonds. The van der Waals surface area contributed by atoms with Crippen LogP contribution in [0, 0.1) is 5.41 Å². The molecule has 1 heterocycles. The van der Waals surface area contributed by atoms with Gasteiger partial charge in [-0.25, -0.2) is 8.42 Å². The SMILES string of the molecule is N=C(N)C1(NS(=O)(=O)c2cccnc2)CCCCCC1. The number of aromatic nitrogens is 1. The van der Waals surface area contributed by atoms with E-state index in [1.807, 2.05) is 0 Å². The van der Waals surface area contributed by atoms with Crippen molar-refractivity contribution in [2.24, 2.45) is 5.73 Å². The standard InChI is InChI=1S/C13H20N4O2S/c14-12(15)13(7-3-1-2-4-8-13)17-20(18,19)11-6-5-9-16-10-11/h5-6,9-10,17H,1-4,7-8H2,(H3,14,15). The van der Waals surface area contributed by atoms with Crippen LogP contribution in [0.15, 0.2) is 29.4 Å². The van der Waals surface area contributed by atoms with E-state index in [1.54, 1.807) is 6.07 Å². The minimum absolute atomic E-state index is 0.102. The van der Waals surface area contributed by atoms with Crippen molar-refractivity contribution >= 4 is 15.9 Å². The van der Waals surface area contributed by atoms with E-state index in [0.29, 0.717) is 12.8 Å². The molecular weight excluding hydrogens is 276 g/mol. The van der Waals surface area contributed by atoms with E-state index < -0.39 is 15.6 Å². The molecule has 20 heavy (non-hydrogen) atoms. The summed E-state index contributed by atoms with van der Waals surface area (Å²) in [5.74, 6) is -0.105. The van der Waals surface area contributed by atoms with E-state index in [-0.39, 0.29) is 10.7 Å². The van der Waals surface area contributed by atoms with Crippen LogP contribution >= 0.6 is 0 Å². The summed E-state index contributed by atoms with van der Waals surface area (Å²) in [5, 5.41) is 7.81. The van der Waals surface area contributed by atoms with E-state index in [0.717, 1.165) is 25.7 Å². The molecule has 1 aliphatic rings. The number of nitrogens with zero attached hydrogens (tertiary/aromatic N) is 1. The number of hydrogen-bond donors (Lipinski definition) is 3. The Bertz CT molecular complexity index is 563. The van der Waals surface area contributed by atoms with Crippen LogP contribution in [-0.2, 0) is 10.0 Å². The largest absolute Gasteiger partial charge is 0.386 e. The lowest BCUT2D eigenvalue weighted by Crippen LogP contribution is -2.56. The van der Waals surface area contributed by atoms with E-state index in [1.165, 1.54) is 18.5 Å². The first-order valence-corrected chi connectivity index (χ1v) is 8.23. The summed E-state index contributed by atoms with van der Waals surface area (Å²) in [7, 11) is -3.71. The highest BCUT2D eigenvalue weighted by molar-refractivity contribution is 7.89. The molecular formula is C13H20N4O2S. The van der Waals surface area contributed by atoms with Crippen LogP contribution in [0.25, 0.3) is 0 Å². The normalized spacial score (nSPS) is 19.2. The molecule has 0 bridgehead atoms. The lowest BCUT2D eigenvalue weighted by atomic mass is 9.90. The van der Waals surface area contributed by atoms with Gasteiger partial charge in [-0.3, -0.25) is 10.4 Å². The van der Waals surface area contributed by atoms with Crippen LogP contribution in [0.3, 0.4) is 0 Å². The van der Waals surface area contributed by atoms with Crippen LogP contribution in [0.2, 0.25) is 0 Å². The average Bonchev–Trinajstić information content (AvgIpc) is 2.66. The number of rotatable bonds is 4. The molecule has 2 rings (SSSR count). The van der Waals surface area contributed by atoms with Crippen LogP contribution in [0.5, 0.6) is 0 Å². The van der Waals surface area contributed by atoms with Gasteiger partial charge in [0.05, 0.1) is 5.54 Å². The van der Waals surface area contributed by atoms with Gasteiger partial charge in [0.15, 0.2) is 0 Å². The average molecular weight is 296 g/mol. The zero-order chi connectivity index (χ0) is 14.6. The number of sulfonamides is 1. The minimum Gasteiger partial charge on any atom is -0.386 e. The Morgan fingerprint density at radius 3 is 2.45 bits per heavy atom. The van der Waals surface area contributed by atoms with Crippen molar-refractivity contribution in [1.29, 1.82) is 5.41 Å². The Morgan fingerprint density at radius 2 is 1.95 bits per heavy atom. The molecule has 4 N–H and O–H groups in total. The van der Waals surface area contributed by atoms with Crippen molar-refractivity contribution in [3.05, 3.63) is 24.5 Å². The van der Waals surface area contributed by atoms with Crippen molar-refractivity contribution in [2.45, 2.75) is 49.0 Å². The maximum atomic E-state index is 12.4. The first-order valence-electron chi connectivity index (χ1n) is 6.75. The van der Waals surface area contributed by atoms with Gasteiger partial charge in [-0.05, 0) is 25.0 Å².